The van der Waals surface area contributed by atoms with Crippen LogP contribution in [0, 0.1) is 0 Å². The van der Waals surface area contributed by atoms with Crippen LogP contribution in [0.2, 0.25) is 0 Å². The third kappa shape index (κ3) is 1.73. The molecule has 3 aromatic rings. The summed E-state index contributed by atoms with van der Waals surface area (Å²) >= 11 is 1.62. The summed E-state index contributed by atoms with van der Waals surface area (Å²) in [6, 6.07) is 5.76. The van der Waals surface area contributed by atoms with E-state index in [1.54, 1.807) is 28.4 Å². The van der Waals surface area contributed by atoms with E-state index in [9.17, 15) is 5.11 Å². The smallest absolute Gasteiger partial charge is 0.122 e. The molecule has 0 saturated carbocycles. The van der Waals surface area contributed by atoms with Crippen molar-refractivity contribution in [2.75, 3.05) is 0 Å². The van der Waals surface area contributed by atoms with E-state index in [1.165, 1.54) is 0 Å². The molecular formula is C12H11N3OS. The highest BCUT2D eigenvalue weighted by atomic mass is 32.1. The van der Waals surface area contributed by atoms with Crippen LogP contribution in [0.15, 0.2) is 36.0 Å². The lowest BCUT2D eigenvalue weighted by atomic mass is 10.1. The fourth-order valence-corrected chi connectivity index (χ4v) is 2.62. The zero-order valence-electron chi connectivity index (χ0n) is 9.24. The molecule has 0 saturated heterocycles. The Balaban J connectivity index is 2.06. The molecule has 0 fully saturated rings. The van der Waals surface area contributed by atoms with Gasteiger partial charge in [0.2, 0.25) is 0 Å². The lowest BCUT2D eigenvalue weighted by molar-refractivity contribution is 0.209. The van der Waals surface area contributed by atoms with Crippen molar-refractivity contribution in [3.63, 3.8) is 0 Å². The van der Waals surface area contributed by atoms with Gasteiger partial charge in [0.25, 0.3) is 0 Å². The molecule has 3 heterocycles. The molecule has 0 spiro atoms. The number of aryl methyl sites for hydroxylation is 1. The SMILES string of the molecule is Cn1nccc1C(O)c1cnc2ccsc2c1. The molecule has 17 heavy (non-hydrogen) atoms. The molecule has 0 aliphatic carbocycles. The fraction of sp³-hybridized carbons (Fsp3) is 0.167. The van der Waals surface area contributed by atoms with Crippen molar-refractivity contribution in [3.8, 4) is 0 Å². The van der Waals surface area contributed by atoms with Crippen LogP contribution in [0.3, 0.4) is 0 Å². The van der Waals surface area contributed by atoms with Crippen molar-refractivity contribution in [1.82, 2.24) is 14.8 Å². The average molecular weight is 245 g/mol. The Labute approximate surface area is 102 Å². The minimum atomic E-state index is -0.679. The zero-order valence-corrected chi connectivity index (χ0v) is 10.1. The summed E-state index contributed by atoms with van der Waals surface area (Å²) < 4.78 is 2.76. The predicted molar refractivity (Wildman–Crippen MR) is 66.9 cm³/mol. The van der Waals surface area contributed by atoms with E-state index in [0.717, 1.165) is 21.5 Å². The molecule has 1 unspecified atom stereocenters. The number of thiophene rings is 1. The van der Waals surface area contributed by atoms with Gasteiger partial charge in [-0.05, 0) is 23.6 Å². The van der Waals surface area contributed by atoms with Crippen molar-refractivity contribution in [2.24, 2.45) is 7.05 Å². The van der Waals surface area contributed by atoms with Gasteiger partial charge in [-0.25, -0.2) is 0 Å². The van der Waals surface area contributed by atoms with Gasteiger partial charge in [0.1, 0.15) is 6.10 Å². The standard InChI is InChI=1S/C12H11N3OS/c1-15-10(2-4-14-15)12(16)8-6-11-9(13-7-8)3-5-17-11/h2-7,12,16H,1H3. The van der Waals surface area contributed by atoms with E-state index in [4.69, 9.17) is 0 Å². The maximum absolute atomic E-state index is 10.3. The van der Waals surface area contributed by atoms with Gasteiger partial charge in [-0.3, -0.25) is 9.67 Å². The number of hydrogen-bond acceptors (Lipinski definition) is 4. The van der Waals surface area contributed by atoms with Crippen molar-refractivity contribution >= 4 is 21.6 Å². The van der Waals surface area contributed by atoms with Crippen molar-refractivity contribution in [1.29, 1.82) is 0 Å². The average Bonchev–Trinajstić information content (AvgIpc) is 2.95. The molecule has 0 aromatic carbocycles. The first-order chi connectivity index (χ1) is 8.25. The lowest BCUT2D eigenvalue weighted by Gasteiger charge is -2.10. The van der Waals surface area contributed by atoms with Crippen molar-refractivity contribution in [3.05, 3.63) is 47.2 Å². The number of fused-ring (bicyclic) bond motifs is 1. The third-order valence-corrected chi connectivity index (χ3v) is 3.63. The second-order valence-electron chi connectivity index (χ2n) is 3.85. The number of aliphatic hydroxyl groups is 1. The Kier molecular flexibility index (Phi) is 2.42. The maximum Gasteiger partial charge on any atom is 0.122 e. The summed E-state index contributed by atoms with van der Waals surface area (Å²) in [4.78, 5) is 4.32. The molecule has 3 aromatic heterocycles. The Morgan fingerprint density at radius 3 is 3.06 bits per heavy atom. The van der Waals surface area contributed by atoms with E-state index in [0.29, 0.717) is 0 Å². The van der Waals surface area contributed by atoms with Gasteiger partial charge in [-0.15, -0.1) is 11.3 Å². The van der Waals surface area contributed by atoms with Crippen LogP contribution in [-0.4, -0.2) is 19.9 Å². The number of nitrogens with zero attached hydrogens (tertiary/aromatic N) is 3. The Morgan fingerprint density at radius 2 is 2.29 bits per heavy atom. The van der Waals surface area contributed by atoms with Crippen LogP contribution in [0.25, 0.3) is 10.2 Å². The second-order valence-corrected chi connectivity index (χ2v) is 4.80. The minimum Gasteiger partial charge on any atom is -0.382 e. The molecule has 5 heteroatoms. The van der Waals surface area contributed by atoms with Gasteiger partial charge in [0, 0.05) is 25.0 Å². The molecular weight excluding hydrogens is 234 g/mol. The first-order valence-electron chi connectivity index (χ1n) is 5.25. The third-order valence-electron chi connectivity index (χ3n) is 2.78. The van der Waals surface area contributed by atoms with Crippen LogP contribution in [0.4, 0.5) is 0 Å². The molecule has 0 aliphatic rings. The van der Waals surface area contributed by atoms with Crippen LogP contribution in [0.1, 0.15) is 17.4 Å². The van der Waals surface area contributed by atoms with E-state index in [1.807, 2.05) is 30.6 Å². The molecule has 0 bridgehead atoms. The molecule has 0 amide bonds. The monoisotopic (exact) mass is 245 g/mol. The van der Waals surface area contributed by atoms with E-state index in [-0.39, 0.29) is 0 Å². The highest BCUT2D eigenvalue weighted by Gasteiger charge is 2.14. The Hall–Kier alpha value is -1.72. The summed E-state index contributed by atoms with van der Waals surface area (Å²) in [5.74, 6) is 0. The van der Waals surface area contributed by atoms with Crippen LogP contribution < -0.4 is 0 Å². The number of pyridine rings is 1. The number of rotatable bonds is 2. The van der Waals surface area contributed by atoms with Crippen LogP contribution >= 0.6 is 11.3 Å². The van der Waals surface area contributed by atoms with Gasteiger partial charge < -0.3 is 5.11 Å². The normalized spacial score (nSPS) is 13.1. The van der Waals surface area contributed by atoms with Crippen LogP contribution in [0.5, 0.6) is 0 Å². The van der Waals surface area contributed by atoms with Gasteiger partial charge in [-0.1, -0.05) is 0 Å². The van der Waals surface area contributed by atoms with Crippen molar-refractivity contribution in [2.45, 2.75) is 6.10 Å². The topological polar surface area (TPSA) is 50.9 Å². The van der Waals surface area contributed by atoms with E-state index in [2.05, 4.69) is 10.1 Å². The first-order valence-corrected chi connectivity index (χ1v) is 6.13. The highest BCUT2D eigenvalue weighted by molar-refractivity contribution is 7.17. The lowest BCUT2D eigenvalue weighted by Crippen LogP contribution is -2.06. The quantitative estimate of drug-likeness (QED) is 0.752. The molecule has 4 nitrogen and oxygen atoms in total. The van der Waals surface area contributed by atoms with Crippen LogP contribution in [-0.2, 0) is 7.05 Å². The summed E-state index contributed by atoms with van der Waals surface area (Å²) in [6.45, 7) is 0. The largest absolute Gasteiger partial charge is 0.382 e. The number of aliphatic hydroxyl groups excluding tert-OH is 1. The van der Waals surface area contributed by atoms with E-state index >= 15 is 0 Å². The summed E-state index contributed by atoms with van der Waals surface area (Å²) in [7, 11) is 1.82. The summed E-state index contributed by atoms with van der Waals surface area (Å²) in [5, 5.41) is 16.3. The molecule has 1 atom stereocenters. The van der Waals surface area contributed by atoms with Crippen molar-refractivity contribution < 1.29 is 5.11 Å². The molecule has 0 radical (unpaired) electrons. The molecule has 0 aliphatic heterocycles. The number of hydrogen-bond donors (Lipinski definition) is 1. The van der Waals surface area contributed by atoms with E-state index < -0.39 is 6.10 Å². The Morgan fingerprint density at radius 1 is 1.41 bits per heavy atom. The van der Waals surface area contributed by atoms with Gasteiger partial charge in [-0.2, -0.15) is 5.10 Å². The van der Waals surface area contributed by atoms with Gasteiger partial charge >= 0.3 is 0 Å². The maximum atomic E-state index is 10.3. The van der Waals surface area contributed by atoms with Gasteiger partial charge in [0.05, 0.1) is 15.9 Å². The minimum absolute atomic E-state index is 0.679. The first kappa shape index (κ1) is 10.4. The fourth-order valence-electron chi connectivity index (χ4n) is 1.83. The molecule has 1 N–H and O–H groups in total. The molecule has 3 rings (SSSR count). The molecule has 86 valence electrons. The zero-order chi connectivity index (χ0) is 11.8. The number of aromatic nitrogens is 3. The second kappa shape index (κ2) is 3.94. The Bertz CT molecular complexity index is 658. The summed E-state index contributed by atoms with van der Waals surface area (Å²) in [6.07, 6.45) is 2.71. The van der Waals surface area contributed by atoms with Gasteiger partial charge in [0.15, 0.2) is 0 Å². The summed E-state index contributed by atoms with van der Waals surface area (Å²) in [5.41, 5.74) is 2.53. The highest BCUT2D eigenvalue weighted by Crippen LogP contribution is 2.26. The predicted octanol–water partition coefficient (Wildman–Crippen LogP) is 2.11.